The van der Waals surface area contributed by atoms with Crippen LogP contribution in [-0.4, -0.2) is 12.0 Å². The SMILES string of the molecule is CNC(Cc1nc(C)cs1)c1cc(Cl)ccc1Cl. The fourth-order valence-corrected chi connectivity index (χ4v) is 3.07. The summed E-state index contributed by atoms with van der Waals surface area (Å²) in [6.45, 7) is 2.00. The first-order valence-electron chi connectivity index (χ1n) is 5.63. The lowest BCUT2D eigenvalue weighted by Gasteiger charge is -2.17. The lowest BCUT2D eigenvalue weighted by atomic mass is 10.0. The van der Waals surface area contributed by atoms with Crippen molar-refractivity contribution in [3.05, 3.63) is 49.9 Å². The summed E-state index contributed by atoms with van der Waals surface area (Å²) >= 11 is 13.9. The van der Waals surface area contributed by atoms with E-state index in [-0.39, 0.29) is 6.04 Å². The highest BCUT2D eigenvalue weighted by atomic mass is 35.5. The predicted octanol–water partition coefficient (Wildman–Crippen LogP) is 4.26. The van der Waals surface area contributed by atoms with Crippen molar-refractivity contribution >= 4 is 34.5 Å². The van der Waals surface area contributed by atoms with E-state index < -0.39 is 0 Å². The molecule has 1 aromatic carbocycles. The van der Waals surface area contributed by atoms with Gasteiger partial charge < -0.3 is 5.32 Å². The van der Waals surface area contributed by atoms with Crippen LogP contribution in [0.1, 0.15) is 22.3 Å². The Morgan fingerprint density at radius 2 is 2.17 bits per heavy atom. The first kappa shape index (κ1) is 13.8. The van der Waals surface area contributed by atoms with Crippen LogP contribution < -0.4 is 5.32 Å². The molecule has 5 heteroatoms. The Balaban J connectivity index is 2.25. The third kappa shape index (κ3) is 3.23. The van der Waals surface area contributed by atoms with Crippen LogP contribution in [0.3, 0.4) is 0 Å². The normalized spacial score (nSPS) is 12.7. The van der Waals surface area contributed by atoms with Crippen LogP contribution in [0.2, 0.25) is 10.0 Å². The van der Waals surface area contributed by atoms with E-state index in [0.29, 0.717) is 5.02 Å². The molecule has 96 valence electrons. The third-order valence-corrected chi connectivity index (χ3v) is 4.30. The topological polar surface area (TPSA) is 24.9 Å². The molecule has 0 radical (unpaired) electrons. The van der Waals surface area contributed by atoms with E-state index in [1.54, 1.807) is 17.4 Å². The van der Waals surface area contributed by atoms with Gasteiger partial charge in [0, 0.05) is 33.6 Å². The van der Waals surface area contributed by atoms with Gasteiger partial charge in [-0.3, -0.25) is 0 Å². The molecule has 18 heavy (non-hydrogen) atoms. The van der Waals surface area contributed by atoms with Crippen LogP contribution in [0.4, 0.5) is 0 Å². The highest BCUT2D eigenvalue weighted by molar-refractivity contribution is 7.09. The summed E-state index contributed by atoms with van der Waals surface area (Å²) in [6, 6.07) is 5.66. The second-order valence-corrected chi connectivity index (χ2v) is 5.88. The Hall–Kier alpha value is -0.610. The average molecular weight is 301 g/mol. The number of aromatic nitrogens is 1. The van der Waals surface area contributed by atoms with Gasteiger partial charge in [-0.05, 0) is 37.7 Å². The van der Waals surface area contributed by atoms with Crippen molar-refractivity contribution in [1.82, 2.24) is 10.3 Å². The van der Waals surface area contributed by atoms with Gasteiger partial charge >= 0.3 is 0 Å². The predicted molar refractivity (Wildman–Crippen MR) is 78.8 cm³/mol. The summed E-state index contributed by atoms with van der Waals surface area (Å²) < 4.78 is 0. The lowest BCUT2D eigenvalue weighted by molar-refractivity contribution is 0.590. The zero-order valence-corrected chi connectivity index (χ0v) is 12.5. The quantitative estimate of drug-likeness (QED) is 0.912. The van der Waals surface area contributed by atoms with Gasteiger partial charge in [0.2, 0.25) is 0 Å². The van der Waals surface area contributed by atoms with Crippen molar-refractivity contribution in [3.63, 3.8) is 0 Å². The highest BCUT2D eigenvalue weighted by Gasteiger charge is 2.15. The molecule has 1 aromatic heterocycles. The Bertz CT molecular complexity index is 540. The van der Waals surface area contributed by atoms with Gasteiger partial charge in [-0.15, -0.1) is 11.3 Å². The molecule has 0 aliphatic heterocycles. The maximum absolute atomic E-state index is 6.23. The summed E-state index contributed by atoms with van der Waals surface area (Å²) in [5.74, 6) is 0. The number of nitrogens with one attached hydrogen (secondary N) is 1. The number of thiazole rings is 1. The van der Waals surface area contributed by atoms with E-state index in [0.717, 1.165) is 27.7 Å². The average Bonchev–Trinajstić information content (AvgIpc) is 2.75. The van der Waals surface area contributed by atoms with Gasteiger partial charge in [-0.25, -0.2) is 4.98 Å². The molecule has 2 aromatic rings. The first-order chi connectivity index (χ1) is 8.60. The number of hydrogen-bond acceptors (Lipinski definition) is 3. The Labute approximate surface area is 121 Å². The minimum absolute atomic E-state index is 0.127. The minimum atomic E-state index is 0.127. The minimum Gasteiger partial charge on any atom is -0.313 e. The van der Waals surface area contributed by atoms with E-state index in [1.165, 1.54) is 0 Å². The molecule has 0 saturated heterocycles. The van der Waals surface area contributed by atoms with E-state index in [9.17, 15) is 0 Å². The van der Waals surface area contributed by atoms with Crippen LogP contribution in [0.5, 0.6) is 0 Å². The fraction of sp³-hybridized carbons (Fsp3) is 0.308. The molecule has 0 spiro atoms. The maximum Gasteiger partial charge on any atom is 0.0947 e. The number of likely N-dealkylation sites (N-methyl/N-ethyl adjacent to an activating group) is 1. The second-order valence-electron chi connectivity index (χ2n) is 4.09. The van der Waals surface area contributed by atoms with E-state index in [4.69, 9.17) is 23.2 Å². The molecular weight excluding hydrogens is 287 g/mol. The third-order valence-electron chi connectivity index (χ3n) is 2.73. The number of nitrogens with zero attached hydrogens (tertiary/aromatic N) is 1. The molecule has 2 nitrogen and oxygen atoms in total. The largest absolute Gasteiger partial charge is 0.313 e. The zero-order chi connectivity index (χ0) is 13.1. The molecule has 1 N–H and O–H groups in total. The second kappa shape index (κ2) is 6.02. The molecule has 0 amide bonds. The fourth-order valence-electron chi connectivity index (χ4n) is 1.82. The molecule has 1 atom stereocenters. The highest BCUT2D eigenvalue weighted by Crippen LogP contribution is 2.29. The molecule has 1 unspecified atom stereocenters. The summed E-state index contributed by atoms with van der Waals surface area (Å²) in [6.07, 6.45) is 0.815. The van der Waals surface area contributed by atoms with Gasteiger partial charge in [0.25, 0.3) is 0 Å². The molecule has 0 aliphatic rings. The number of halogens is 2. The lowest BCUT2D eigenvalue weighted by Crippen LogP contribution is -2.19. The summed E-state index contributed by atoms with van der Waals surface area (Å²) in [7, 11) is 1.92. The summed E-state index contributed by atoms with van der Waals surface area (Å²) in [5, 5.41) is 7.85. The standard InChI is InChI=1S/C13H14Cl2N2S/c1-8-7-18-13(17-8)6-12(16-2)10-5-9(14)3-4-11(10)15/h3-5,7,12,16H,6H2,1-2H3. The van der Waals surface area contributed by atoms with Crippen molar-refractivity contribution in [2.24, 2.45) is 0 Å². The van der Waals surface area contributed by atoms with Crippen molar-refractivity contribution in [1.29, 1.82) is 0 Å². The van der Waals surface area contributed by atoms with E-state index in [1.807, 2.05) is 26.1 Å². The number of benzene rings is 1. The Kier molecular flexibility index (Phi) is 4.62. The molecule has 0 aliphatic carbocycles. The van der Waals surface area contributed by atoms with E-state index >= 15 is 0 Å². The van der Waals surface area contributed by atoms with Gasteiger partial charge in [0.05, 0.1) is 5.01 Å². The molecule has 0 bridgehead atoms. The van der Waals surface area contributed by atoms with Crippen molar-refractivity contribution in [2.45, 2.75) is 19.4 Å². The molecule has 1 heterocycles. The summed E-state index contributed by atoms with van der Waals surface area (Å²) in [5.41, 5.74) is 2.07. The monoisotopic (exact) mass is 300 g/mol. The van der Waals surface area contributed by atoms with Crippen molar-refractivity contribution in [3.8, 4) is 0 Å². The van der Waals surface area contributed by atoms with Gasteiger partial charge in [-0.2, -0.15) is 0 Å². The van der Waals surface area contributed by atoms with Crippen LogP contribution in [-0.2, 0) is 6.42 Å². The Morgan fingerprint density at radius 1 is 1.39 bits per heavy atom. The number of aryl methyl sites for hydroxylation is 1. The summed E-state index contributed by atoms with van der Waals surface area (Å²) in [4.78, 5) is 4.48. The Morgan fingerprint density at radius 3 is 2.78 bits per heavy atom. The molecule has 0 fully saturated rings. The van der Waals surface area contributed by atoms with E-state index in [2.05, 4.69) is 15.7 Å². The smallest absolute Gasteiger partial charge is 0.0947 e. The van der Waals surface area contributed by atoms with Crippen molar-refractivity contribution in [2.75, 3.05) is 7.05 Å². The van der Waals surface area contributed by atoms with Crippen LogP contribution in [0, 0.1) is 6.92 Å². The number of rotatable bonds is 4. The first-order valence-corrected chi connectivity index (χ1v) is 7.27. The molecular formula is C13H14Cl2N2S. The van der Waals surface area contributed by atoms with Crippen LogP contribution in [0.15, 0.2) is 23.6 Å². The zero-order valence-electron chi connectivity index (χ0n) is 10.2. The van der Waals surface area contributed by atoms with Crippen LogP contribution >= 0.6 is 34.5 Å². The number of hydrogen-bond donors (Lipinski definition) is 1. The molecule has 0 saturated carbocycles. The van der Waals surface area contributed by atoms with Gasteiger partial charge in [0.15, 0.2) is 0 Å². The van der Waals surface area contributed by atoms with Gasteiger partial charge in [-0.1, -0.05) is 23.2 Å². The molecule has 2 rings (SSSR count). The van der Waals surface area contributed by atoms with Crippen molar-refractivity contribution < 1.29 is 0 Å². The maximum atomic E-state index is 6.23. The van der Waals surface area contributed by atoms with Gasteiger partial charge in [0.1, 0.15) is 0 Å². The van der Waals surface area contributed by atoms with Crippen LogP contribution in [0.25, 0.3) is 0 Å².